The fourth-order valence-electron chi connectivity index (χ4n) is 2.06. The van der Waals surface area contributed by atoms with Gasteiger partial charge in [-0.3, -0.25) is 0 Å². The second-order valence-corrected chi connectivity index (χ2v) is 5.31. The fourth-order valence-corrected chi connectivity index (χ4v) is 2.44. The number of rotatable bonds is 3. The molecule has 5 heteroatoms. The molecule has 4 nitrogen and oxygen atoms in total. The van der Waals surface area contributed by atoms with Gasteiger partial charge in [0.1, 0.15) is 17.6 Å². The Kier molecular flexibility index (Phi) is 3.29. The summed E-state index contributed by atoms with van der Waals surface area (Å²) in [7, 11) is 0. The maximum Gasteiger partial charge on any atom is 0.137 e. The maximum atomic E-state index is 6.10. The Labute approximate surface area is 124 Å². The Morgan fingerprint density at radius 1 is 1.16 bits per heavy atom. The van der Waals surface area contributed by atoms with Crippen LogP contribution in [-0.2, 0) is 0 Å². The molecular formula is C14H12IN3O. The summed E-state index contributed by atoms with van der Waals surface area (Å²) in [5, 5.41) is 4.37. The zero-order valence-corrected chi connectivity index (χ0v) is 12.2. The Bertz CT molecular complexity index is 661. The SMILES string of the molecule is Nc1c(I)cnn1C(c1ccccc1)c1ccco1. The maximum absolute atomic E-state index is 6.10. The summed E-state index contributed by atoms with van der Waals surface area (Å²) >= 11 is 2.18. The lowest BCUT2D eigenvalue weighted by atomic mass is 10.0. The van der Waals surface area contributed by atoms with Crippen molar-refractivity contribution in [1.29, 1.82) is 0 Å². The number of nitrogen functional groups attached to an aromatic ring is 1. The van der Waals surface area contributed by atoms with E-state index in [9.17, 15) is 0 Å². The number of benzene rings is 1. The van der Waals surface area contributed by atoms with Crippen LogP contribution < -0.4 is 5.73 Å². The highest BCUT2D eigenvalue weighted by Gasteiger charge is 2.22. The minimum Gasteiger partial charge on any atom is -0.467 e. The molecule has 0 saturated heterocycles. The van der Waals surface area contributed by atoms with Crippen LogP contribution in [0.4, 0.5) is 5.82 Å². The molecule has 0 fully saturated rings. The summed E-state index contributed by atoms with van der Waals surface area (Å²) < 4.78 is 8.27. The van der Waals surface area contributed by atoms with E-state index < -0.39 is 0 Å². The van der Waals surface area contributed by atoms with Gasteiger partial charge in [-0.1, -0.05) is 30.3 Å². The first-order chi connectivity index (χ1) is 9.27. The first kappa shape index (κ1) is 12.3. The minimum absolute atomic E-state index is 0.139. The number of anilines is 1. The van der Waals surface area contributed by atoms with E-state index in [4.69, 9.17) is 10.2 Å². The Balaban J connectivity index is 2.15. The van der Waals surface area contributed by atoms with E-state index in [1.165, 1.54) is 0 Å². The highest BCUT2D eigenvalue weighted by atomic mass is 127. The summed E-state index contributed by atoms with van der Waals surface area (Å²) in [6.45, 7) is 0. The van der Waals surface area contributed by atoms with E-state index in [-0.39, 0.29) is 6.04 Å². The Hall–Kier alpha value is -1.76. The highest BCUT2D eigenvalue weighted by molar-refractivity contribution is 14.1. The smallest absolute Gasteiger partial charge is 0.137 e. The molecule has 2 N–H and O–H groups in total. The molecule has 0 aliphatic carbocycles. The molecule has 3 rings (SSSR count). The van der Waals surface area contributed by atoms with E-state index in [2.05, 4.69) is 27.7 Å². The van der Waals surface area contributed by atoms with E-state index in [1.807, 2.05) is 42.5 Å². The second kappa shape index (κ2) is 5.08. The van der Waals surface area contributed by atoms with Gasteiger partial charge in [-0.15, -0.1) is 0 Å². The van der Waals surface area contributed by atoms with Crippen molar-refractivity contribution in [3.8, 4) is 0 Å². The molecule has 2 aromatic heterocycles. The predicted molar refractivity (Wildman–Crippen MR) is 81.7 cm³/mol. The molecule has 3 aromatic rings. The largest absolute Gasteiger partial charge is 0.467 e. The molecule has 0 amide bonds. The van der Waals surface area contributed by atoms with Crippen molar-refractivity contribution < 1.29 is 4.42 Å². The third-order valence-electron chi connectivity index (χ3n) is 2.96. The molecule has 0 saturated carbocycles. The number of furan rings is 1. The minimum atomic E-state index is -0.139. The number of nitrogens with two attached hydrogens (primary N) is 1. The monoisotopic (exact) mass is 365 g/mol. The van der Waals surface area contributed by atoms with Crippen molar-refractivity contribution >= 4 is 28.4 Å². The van der Waals surface area contributed by atoms with Gasteiger partial charge in [0.2, 0.25) is 0 Å². The summed E-state index contributed by atoms with van der Waals surface area (Å²) in [6, 6.07) is 13.7. The lowest BCUT2D eigenvalue weighted by molar-refractivity contribution is 0.444. The Morgan fingerprint density at radius 2 is 1.95 bits per heavy atom. The average Bonchev–Trinajstić information content (AvgIpc) is 3.06. The van der Waals surface area contributed by atoms with E-state index in [1.54, 1.807) is 17.1 Å². The van der Waals surface area contributed by atoms with Gasteiger partial charge in [-0.05, 0) is 40.3 Å². The summed E-state index contributed by atoms with van der Waals surface area (Å²) in [5.74, 6) is 1.46. The van der Waals surface area contributed by atoms with Crippen molar-refractivity contribution in [2.75, 3.05) is 5.73 Å². The molecule has 0 spiro atoms. The van der Waals surface area contributed by atoms with Crippen LogP contribution in [0.2, 0.25) is 0 Å². The third-order valence-corrected chi connectivity index (χ3v) is 3.79. The summed E-state index contributed by atoms with van der Waals surface area (Å²) in [4.78, 5) is 0. The number of nitrogens with zero attached hydrogens (tertiary/aromatic N) is 2. The first-order valence-corrected chi connectivity index (χ1v) is 6.92. The lowest BCUT2D eigenvalue weighted by Crippen LogP contribution is -2.15. The van der Waals surface area contributed by atoms with Gasteiger partial charge in [-0.2, -0.15) is 5.10 Å². The standard InChI is InChI=1S/C14H12IN3O/c15-11-9-17-18(14(11)16)13(12-7-4-8-19-12)10-5-2-1-3-6-10/h1-9,13H,16H2. The van der Waals surface area contributed by atoms with Crippen molar-refractivity contribution in [2.45, 2.75) is 6.04 Å². The Morgan fingerprint density at radius 3 is 2.53 bits per heavy atom. The van der Waals surface area contributed by atoms with Crippen molar-refractivity contribution in [1.82, 2.24) is 9.78 Å². The summed E-state index contributed by atoms with van der Waals surface area (Å²) in [6.07, 6.45) is 3.42. The molecule has 96 valence electrons. The predicted octanol–water partition coefficient (Wildman–Crippen LogP) is 3.30. The molecular weight excluding hydrogens is 353 g/mol. The highest BCUT2D eigenvalue weighted by Crippen LogP contribution is 2.30. The second-order valence-electron chi connectivity index (χ2n) is 4.15. The topological polar surface area (TPSA) is 57.0 Å². The molecule has 0 aliphatic rings. The van der Waals surface area contributed by atoms with E-state index >= 15 is 0 Å². The number of hydrogen-bond donors (Lipinski definition) is 1. The van der Waals surface area contributed by atoms with Gasteiger partial charge in [0.15, 0.2) is 0 Å². The molecule has 0 aliphatic heterocycles. The lowest BCUT2D eigenvalue weighted by Gasteiger charge is -2.17. The van der Waals surface area contributed by atoms with Gasteiger partial charge in [0, 0.05) is 0 Å². The molecule has 19 heavy (non-hydrogen) atoms. The quantitative estimate of drug-likeness (QED) is 0.725. The van der Waals surface area contributed by atoms with Gasteiger partial charge in [-0.25, -0.2) is 4.68 Å². The molecule has 0 bridgehead atoms. The average molecular weight is 365 g/mol. The molecule has 1 atom stereocenters. The molecule has 2 heterocycles. The normalized spacial score (nSPS) is 12.5. The van der Waals surface area contributed by atoms with E-state index in [0.29, 0.717) is 5.82 Å². The van der Waals surface area contributed by atoms with Crippen LogP contribution in [0.15, 0.2) is 59.3 Å². The first-order valence-electron chi connectivity index (χ1n) is 5.84. The van der Waals surface area contributed by atoms with Crippen LogP contribution in [0.25, 0.3) is 0 Å². The number of hydrogen-bond acceptors (Lipinski definition) is 3. The number of halogens is 1. The zero-order valence-electron chi connectivity index (χ0n) is 10.0. The fraction of sp³-hybridized carbons (Fsp3) is 0.0714. The van der Waals surface area contributed by atoms with Crippen LogP contribution in [-0.4, -0.2) is 9.78 Å². The van der Waals surface area contributed by atoms with Gasteiger partial charge < -0.3 is 10.2 Å². The summed E-state index contributed by atoms with van der Waals surface area (Å²) in [5.41, 5.74) is 7.18. The molecule has 0 radical (unpaired) electrons. The molecule has 1 unspecified atom stereocenters. The van der Waals surface area contributed by atoms with Crippen molar-refractivity contribution in [3.05, 3.63) is 69.8 Å². The van der Waals surface area contributed by atoms with Gasteiger partial charge in [0.05, 0.1) is 16.0 Å². The van der Waals surface area contributed by atoms with Crippen LogP contribution in [0.3, 0.4) is 0 Å². The van der Waals surface area contributed by atoms with Crippen LogP contribution in [0.5, 0.6) is 0 Å². The van der Waals surface area contributed by atoms with Crippen LogP contribution in [0, 0.1) is 3.57 Å². The van der Waals surface area contributed by atoms with Crippen molar-refractivity contribution in [2.24, 2.45) is 0 Å². The molecule has 1 aromatic carbocycles. The van der Waals surface area contributed by atoms with Crippen LogP contribution >= 0.6 is 22.6 Å². The van der Waals surface area contributed by atoms with Crippen molar-refractivity contribution in [3.63, 3.8) is 0 Å². The van der Waals surface area contributed by atoms with Gasteiger partial charge in [0.25, 0.3) is 0 Å². The van der Waals surface area contributed by atoms with Gasteiger partial charge >= 0.3 is 0 Å². The van der Waals surface area contributed by atoms with E-state index in [0.717, 1.165) is 14.9 Å². The zero-order chi connectivity index (χ0) is 13.2. The third kappa shape index (κ3) is 2.25. The van der Waals surface area contributed by atoms with Crippen LogP contribution in [0.1, 0.15) is 17.4 Å². The number of aromatic nitrogens is 2.